The molecule has 1 atom stereocenters. The summed E-state index contributed by atoms with van der Waals surface area (Å²) < 4.78 is 27.7. The Balaban J connectivity index is 2.19. The molecular weight excluding hydrogens is 338 g/mol. The van der Waals surface area contributed by atoms with Crippen molar-refractivity contribution in [2.24, 2.45) is 5.92 Å². The molecule has 0 saturated carbocycles. The number of aromatic nitrogens is 1. The predicted molar refractivity (Wildman–Crippen MR) is 97.6 cm³/mol. The van der Waals surface area contributed by atoms with Gasteiger partial charge in [0.05, 0.1) is 4.90 Å². The van der Waals surface area contributed by atoms with Crippen LogP contribution in [-0.2, 0) is 14.8 Å². The molecule has 25 heavy (non-hydrogen) atoms. The van der Waals surface area contributed by atoms with E-state index in [1.54, 1.807) is 36.5 Å². The Morgan fingerprint density at radius 2 is 1.80 bits per heavy atom. The van der Waals surface area contributed by atoms with E-state index in [2.05, 4.69) is 15.0 Å². The molecule has 134 valence electrons. The third kappa shape index (κ3) is 5.65. The Hall–Kier alpha value is -2.25. The van der Waals surface area contributed by atoms with Gasteiger partial charge in [0, 0.05) is 6.20 Å². The van der Waals surface area contributed by atoms with Crippen LogP contribution in [-0.4, -0.2) is 25.4 Å². The van der Waals surface area contributed by atoms with Crippen LogP contribution in [0.25, 0.3) is 0 Å². The molecule has 1 amide bonds. The minimum Gasteiger partial charge on any atom is -0.309 e. The van der Waals surface area contributed by atoms with Crippen LogP contribution < -0.4 is 10.0 Å². The molecular formula is C18H23N3O3S. The van der Waals surface area contributed by atoms with Crippen LogP contribution in [0.15, 0.2) is 53.6 Å². The Bertz CT molecular complexity index is 803. The topological polar surface area (TPSA) is 88.2 Å². The maximum atomic E-state index is 12.6. The fourth-order valence-electron chi connectivity index (χ4n) is 2.30. The predicted octanol–water partition coefficient (Wildman–Crippen LogP) is 2.72. The lowest BCUT2D eigenvalue weighted by molar-refractivity contribution is -0.118. The number of hydrogen-bond donors (Lipinski definition) is 2. The number of hydrogen-bond acceptors (Lipinski definition) is 4. The van der Waals surface area contributed by atoms with E-state index in [0.717, 1.165) is 5.56 Å². The Morgan fingerprint density at radius 3 is 2.36 bits per heavy atom. The lowest BCUT2D eigenvalue weighted by atomic mass is 10.0. The summed E-state index contributed by atoms with van der Waals surface area (Å²) in [6.45, 7) is 5.74. The van der Waals surface area contributed by atoms with Crippen LogP contribution in [0.5, 0.6) is 0 Å². The van der Waals surface area contributed by atoms with Crippen molar-refractivity contribution in [1.82, 2.24) is 9.71 Å². The molecule has 1 heterocycles. The molecule has 0 aliphatic rings. The highest BCUT2D eigenvalue weighted by Gasteiger charge is 2.26. The van der Waals surface area contributed by atoms with Crippen molar-refractivity contribution in [3.05, 3.63) is 54.2 Å². The number of carbonyl (C=O) groups excluding carboxylic acids is 1. The molecule has 6 nitrogen and oxygen atoms in total. The number of anilines is 1. The first-order valence-electron chi connectivity index (χ1n) is 8.09. The summed E-state index contributed by atoms with van der Waals surface area (Å²) in [5.74, 6) is 0.0964. The van der Waals surface area contributed by atoms with E-state index >= 15 is 0 Å². The molecule has 0 spiro atoms. The number of carbonyl (C=O) groups is 1. The van der Waals surface area contributed by atoms with Crippen molar-refractivity contribution in [2.75, 3.05) is 5.32 Å². The SMILES string of the molecule is Cc1ccc(S(=O)(=O)N[C@H](CC(C)C)C(=O)Nc2ccccn2)cc1. The third-order valence-electron chi connectivity index (χ3n) is 3.57. The van der Waals surface area contributed by atoms with Crippen molar-refractivity contribution in [3.63, 3.8) is 0 Å². The van der Waals surface area contributed by atoms with Gasteiger partial charge in [0.2, 0.25) is 15.9 Å². The number of rotatable bonds is 7. The first-order chi connectivity index (χ1) is 11.8. The summed E-state index contributed by atoms with van der Waals surface area (Å²) in [6, 6.07) is 10.8. The highest BCUT2D eigenvalue weighted by Crippen LogP contribution is 2.14. The van der Waals surface area contributed by atoms with E-state index in [9.17, 15) is 13.2 Å². The molecule has 0 bridgehead atoms. The number of pyridine rings is 1. The van der Waals surface area contributed by atoms with Gasteiger partial charge in [-0.25, -0.2) is 13.4 Å². The Kier molecular flexibility index (Phi) is 6.27. The average molecular weight is 361 g/mol. The van der Waals surface area contributed by atoms with Crippen LogP contribution in [0.4, 0.5) is 5.82 Å². The van der Waals surface area contributed by atoms with Crippen LogP contribution in [0.1, 0.15) is 25.8 Å². The van der Waals surface area contributed by atoms with Gasteiger partial charge in [0.25, 0.3) is 0 Å². The summed E-state index contributed by atoms with van der Waals surface area (Å²) in [5, 5.41) is 2.65. The summed E-state index contributed by atoms with van der Waals surface area (Å²) >= 11 is 0. The standard InChI is InChI=1S/C18H23N3O3S/c1-13(2)12-16(18(22)20-17-6-4-5-11-19-17)21-25(23,24)15-9-7-14(3)8-10-15/h4-11,13,16,21H,12H2,1-3H3,(H,19,20,22)/t16-/m1/s1. The first kappa shape index (κ1) is 19.1. The van der Waals surface area contributed by atoms with Gasteiger partial charge in [0.1, 0.15) is 11.9 Å². The number of nitrogens with zero attached hydrogens (tertiary/aromatic N) is 1. The van der Waals surface area contributed by atoms with Gasteiger partial charge in [-0.2, -0.15) is 4.72 Å². The van der Waals surface area contributed by atoms with E-state index < -0.39 is 22.0 Å². The second kappa shape index (κ2) is 8.22. The van der Waals surface area contributed by atoms with Gasteiger partial charge >= 0.3 is 0 Å². The van der Waals surface area contributed by atoms with Crippen molar-refractivity contribution in [1.29, 1.82) is 0 Å². The Morgan fingerprint density at radius 1 is 1.12 bits per heavy atom. The maximum absolute atomic E-state index is 12.6. The second-order valence-electron chi connectivity index (χ2n) is 6.32. The van der Waals surface area contributed by atoms with Gasteiger partial charge in [-0.05, 0) is 43.5 Å². The molecule has 2 N–H and O–H groups in total. The molecule has 7 heteroatoms. The lowest BCUT2D eigenvalue weighted by Gasteiger charge is -2.20. The molecule has 0 radical (unpaired) electrons. The van der Waals surface area contributed by atoms with Crippen LogP contribution in [0, 0.1) is 12.8 Å². The van der Waals surface area contributed by atoms with E-state index in [1.165, 1.54) is 12.1 Å². The second-order valence-corrected chi connectivity index (χ2v) is 8.03. The summed E-state index contributed by atoms with van der Waals surface area (Å²) in [4.78, 5) is 16.7. The Labute approximate surface area is 148 Å². The normalized spacial score (nSPS) is 12.8. The summed E-state index contributed by atoms with van der Waals surface area (Å²) in [7, 11) is -3.79. The monoisotopic (exact) mass is 361 g/mol. The van der Waals surface area contributed by atoms with E-state index in [4.69, 9.17) is 0 Å². The zero-order chi connectivity index (χ0) is 18.4. The lowest BCUT2D eigenvalue weighted by Crippen LogP contribution is -2.44. The molecule has 1 aromatic heterocycles. The fraction of sp³-hybridized carbons (Fsp3) is 0.333. The fourth-order valence-corrected chi connectivity index (χ4v) is 3.51. The molecule has 0 aliphatic heterocycles. The summed E-state index contributed by atoms with van der Waals surface area (Å²) in [6.07, 6.45) is 1.94. The van der Waals surface area contributed by atoms with Crippen molar-refractivity contribution in [2.45, 2.75) is 38.1 Å². The van der Waals surface area contributed by atoms with E-state index in [1.807, 2.05) is 20.8 Å². The largest absolute Gasteiger partial charge is 0.309 e. The molecule has 0 saturated heterocycles. The zero-order valence-electron chi connectivity index (χ0n) is 14.6. The van der Waals surface area contributed by atoms with Gasteiger partial charge in [-0.15, -0.1) is 0 Å². The highest BCUT2D eigenvalue weighted by atomic mass is 32.2. The third-order valence-corrected chi connectivity index (χ3v) is 5.06. The van der Waals surface area contributed by atoms with Gasteiger partial charge < -0.3 is 5.32 Å². The number of amides is 1. The van der Waals surface area contributed by atoms with E-state index in [0.29, 0.717) is 12.2 Å². The first-order valence-corrected chi connectivity index (χ1v) is 9.57. The van der Waals surface area contributed by atoms with Crippen LogP contribution in [0.3, 0.4) is 0 Å². The van der Waals surface area contributed by atoms with Crippen molar-refractivity contribution < 1.29 is 13.2 Å². The van der Waals surface area contributed by atoms with E-state index in [-0.39, 0.29) is 10.8 Å². The molecule has 0 fully saturated rings. The number of sulfonamides is 1. The minimum absolute atomic E-state index is 0.137. The number of aryl methyl sites for hydroxylation is 1. The smallest absolute Gasteiger partial charge is 0.243 e. The maximum Gasteiger partial charge on any atom is 0.243 e. The van der Waals surface area contributed by atoms with Gasteiger partial charge in [-0.1, -0.05) is 37.6 Å². The molecule has 2 rings (SSSR count). The molecule has 1 aromatic carbocycles. The average Bonchev–Trinajstić information content (AvgIpc) is 2.55. The van der Waals surface area contributed by atoms with Crippen molar-refractivity contribution in [3.8, 4) is 0 Å². The quantitative estimate of drug-likeness (QED) is 0.794. The van der Waals surface area contributed by atoms with Crippen LogP contribution >= 0.6 is 0 Å². The van der Waals surface area contributed by atoms with Gasteiger partial charge in [0.15, 0.2) is 0 Å². The van der Waals surface area contributed by atoms with Gasteiger partial charge in [-0.3, -0.25) is 4.79 Å². The molecule has 0 aliphatic carbocycles. The minimum atomic E-state index is -3.79. The molecule has 2 aromatic rings. The van der Waals surface area contributed by atoms with Crippen LogP contribution in [0.2, 0.25) is 0 Å². The highest BCUT2D eigenvalue weighted by molar-refractivity contribution is 7.89. The zero-order valence-corrected chi connectivity index (χ0v) is 15.4. The molecule has 0 unspecified atom stereocenters. The number of benzene rings is 1. The van der Waals surface area contributed by atoms with Crippen molar-refractivity contribution >= 4 is 21.7 Å². The summed E-state index contributed by atoms with van der Waals surface area (Å²) in [5.41, 5.74) is 0.963. The number of nitrogens with one attached hydrogen (secondary N) is 2.